The quantitative estimate of drug-likeness (QED) is 0.495. The summed E-state index contributed by atoms with van der Waals surface area (Å²) in [7, 11) is 1.72. The van der Waals surface area contributed by atoms with E-state index >= 15 is 0 Å². The van der Waals surface area contributed by atoms with Crippen LogP contribution < -0.4 is 20.9 Å². The van der Waals surface area contributed by atoms with Crippen LogP contribution in [0.1, 0.15) is 23.7 Å². The molecule has 0 fully saturated rings. The van der Waals surface area contributed by atoms with E-state index in [0.717, 1.165) is 11.4 Å². The molecule has 0 unspecified atom stereocenters. The van der Waals surface area contributed by atoms with Crippen molar-refractivity contribution in [1.29, 1.82) is 0 Å². The van der Waals surface area contributed by atoms with Crippen molar-refractivity contribution in [3.05, 3.63) is 84.4 Å². The first kappa shape index (κ1) is 22.6. The molecule has 0 aliphatic carbocycles. The molecule has 0 spiro atoms. The Morgan fingerprint density at radius 1 is 0.750 bits per heavy atom. The lowest BCUT2D eigenvalue weighted by atomic mass is 10.1. The summed E-state index contributed by atoms with van der Waals surface area (Å²) < 4.78 is 0. The SMILES string of the molecule is CCC(=O)Nc1cccc(NCC(=O)Nc2ccc(C(=O)N(C)c3ccccc3)cc2)c1. The van der Waals surface area contributed by atoms with Gasteiger partial charge in [-0.3, -0.25) is 14.4 Å². The number of para-hydroxylation sites is 1. The maximum Gasteiger partial charge on any atom is 0.258 e. The zero-order valence-electron chi connectivity index (χ0n) is 18.1. The summed E-state index contributed by atoms with van der Waals surface area (Å²) in [4.78, 5) is 38.0. The van der Waals surface area contributed by atoms with E-state index in [2.05, 4.69) is 16.0 Å². The lowest BCUT2D eigenvalue weighted by Gasteiger charge is -2.17. The van der Waals surface area contributed by atoms with Crippen LogP contribution in [0.2, 0.25) is 0 Å². The molecule has 3 aromatic rings. The second-order valence-electron chi connectivity index (χ2n) is 7.16. The molecule has 0 saturated heterocycles. The van der Waals surface area contributed by atoms with E-state index in [1.165, 1.54) is 0 Å². The van der Waals surface area contributed by atoms with E-state index in [9.17, 15) is 14.4 Å². The maximum absolute atomic E-state index is 12.7. The number of nitrogens with one attached hydrogen (secondary N) is 3. The fraction of sp³-hybridized carbons (Fsp3) is 0.160. The van der Waals surface area contributed by atoms with Gasteiger partial charge < -0.3 is 20.9 Å². The van der Waals surface area contributed by atoms with Gasteiger partial charge in [0.2, 0.25) is 11.8 Å². The van der Waals surface area contributed by atoms with E-state index in [1.54, 1.807) is 61.3 Å². The Kier molecular flexibility index (Phi) is 7.59. The Morgan fingerprint density at radius 3 is 2.09 bits per heavy atom. The van der Waals surface area contributed by atoms with Crippen LogP contribution in [0.5, 0.6) is 0 Å². The van der Waals surface area contributed by atoms with Crippen LogP contribution in [0, 0.1) is 0 Å². The van der Waals surface area contributed by atoms with Crippen LogP contribution in [0.15, 0.2) is 78.9 Å². The summed E-state index contributed by atoms with van der Waals surface area (Å²) in [6.45, 7) is 1.84. The van der Waals surface area contributed by atoms with Crippen LogP contribution in [0.25, 0.3) is 0 Å². The maximum atomic E-state index is 12.7. The second-order valence-corrected chi connectivity index (χ2v) is 7.16. The van der Waals surface area contributed by atoms with Gasteiger partial charge in [-0.15, -0.1) is 0 Å². The van der Waals surface area contributed by atoms with Crippen molar-refractivity contribution < 1.29 is 14.4 Å². The van der Waals surface area contributed by atoms with E-state index in [4.69, 9.17) is 0 Å². The molecule has 3 aromatic carbocycles. The molecule has 32 heavy (non-hydrogen) atoms. The molecule has 3 N–H and O–H groups in total. The molecule has 0 aliphatic heterocycles. The zero-order chi connectivity index (χ0) is 22.9. The lowest BCUT2D eigenvalue weighted by Crippen LogP contribution is -2.26. The first-order valence-corrected chi connectivity index (χ1v) is 10.3. The topological polar surface area (TPSA) is 90.5 Å². The highest BCUT2D eigenvalue weighted by Gasteiger charge is 2.13. The first-order chi connectivity index (χ1) is 15.5. The third kappa shape index (κ3) is 6.18. The molecule has 0 heterocycles. The minimum absolute atomic E-state index is 0.0581. The number of anilines is 4. The number of nitrogens with zero attached hydrogens (tertiary/aromatic N) is 1. The van der Waals surface area contributed by atoms with Gasteiger partial charge in [-0.2, -0.15) is 0 Å². The van der Waals surface area contributed by atoms with Crippen molar-refractivity contribution in [1.82, 2.24) is 0 Å². The van der Waals surface area contributed by atoms with Gasteiger partial charge in [-0.05, 0) is 54.6 Å². The highest BCUT2D eigenvalue weighted by Crippen LogP contribution is 2.17. The van der Waals surface area contributed by atoms with Crippen LogP contribution >= 0.6 is 0 Å². The number of rotatable bonds is 8. The van der Waals surface area contributed by atoms with Gasteiger partial charge in [-0.25, -0.2) is 0 Å². The highest BCUT2D eigenvalue weighted by atomic mass is 16.2. The van der Waals surface area contributed by atoms with Crippen molar-refractivity contribution in [3.8, 4) is 0 Å². The Bertz CT molecular complexity index is 1080. The summed E-state index contributed by atoms with van der Waals surface area (Å²) in [5.74, 6) is -0.434. The highest BCUT2D eigenvalue weighted by molar-refractivity contribution is 6.06. The molecule has 7 heteroatoms. The third-order valence-corrected chi connectivity index (χ3v) is 4.78. The lowest BCUT2D eigenvalue weighted by molar-refractivity contribution is -0.116. The first-order valence-electron chi connectivity index (χ1n) is 10.3. The van der Waals surface area contributed by atoms with E-state index < -0.39 is 0 Å². The van der Waals surface area contributed by atoms with Crippen molar-refractivity contribution in [2.24, 2.45) is 0 Å². The summed E-state index contributed by atoms with van der Waals surface area (Å²) in [6.07, 6.45) is 0.396. The van der Waals surface area contributed by atoms with E-state index in [-0.39, 0.29) is 24.3 Å². The van der Waals surface area contributed by atoms with Crippen molar-refractivity contribution in [2.75, 3.05) is 34.4 Å². The van der Waals surface area contributed by atoms with Gasteiger partial charge in [0.1, 0.15) is 0 Å². The fourth-order valence-electron chi connectivity index (χ4n) is 3.00. The number of hydrogen-bond donors (Lipinski definition) is 3. The second kappa shape index (κ2) is 10.8. The van der Waals surface area contributed by atoms with Crippen LogP contribution in [-0.4, -0.2) is 31.3 Å². The molecule has 164 valence electrons. The largest absolute Gasteiger partial charge is 0.376 e. The number of carbonyl (C=O) groups excluding carboxylic acids is 3. The smallest absolute Gasteiger partial charge is 0.258 e. The van der Waals surface area contributed by atoms with Gasteiger partial charge >= 0.3 is 0 Å². The molecular formula is C25H26N4O3. The molecule has 0 radical (unpaired) electrons. The molecule has 3 amide bonds. The van der Waals surface area contributed by atoms with Gasteiger partial charge in [0, 0.05) is 41.8 Å². The third-order valence-electron chi connectivity index (χ3n) is 4.78. The number of carbonyl (C=O) groups is 3. The summed E-state index contributed by atoms with van der Waals surface area (Å²) in [6, 6.07) is 23.3. The van der Waals surface area contributed by atoms with Crippen LogP contribution in [0.4, 0.5) is 22.7 Å². The standard InChI is InChI=1S/C25H26N4O3/c1-3-23(30)28-21-9-7-8-20(16-21)26-17-24(31)27-19-14-12-18(13-15-19)25(32)29(2)22-10-5-4-6-11-22/h4-16,26H,3,17H2,1-2H3,(H,27,31)(H,28,30). The van der Waals surface area contributed by atoms with E-state index in [0.29, 0.717) is 23.4 Å². The number of benzene rings is 3. The average molecular weight is 431 g/mol. The molecule has 7 nitrogen and oxygen atoms in total. The molecule has 3 rings (SSSR count). The normalized spacial score (nSPS) is 10.2. The van der Waals surface area contributed by atoms with Crippen molar-refractivity contribution in [2.45, 2.75) is 13.3 Å². The van der Waals surface area contributed by atoms with Crippen molar-refractivity contribution in [3.63, 3.8) is 0 Å². The Labute approximate surface area is 187 Å². The van der Waals surface area contributed by atoms with Crippen LogP contribution in [-0.2, 0) is 9.59 Å². The predicted octanol–water partition coefficient (Wildman–Crippen LogP) is 4.36. The molecule has 0 atom stereocenters. The van der Waals surface area contributed by atoms with Gasteiger partial charge in [0.15, 0.2) is 0 Å². The average Bonchev–Trinajstić information content (AvgIpc) is 2.83. The number of amides is 3. The van der Waals surface area contributed by atoms with Crippen LogP contribution in [0.3, 0.4) is 0 Å². The zero-order valence-corrected chi connectivity index (χ0v) is 18.1. The summed E-state index contributed by atoms with van der Waals surface area (Å²) >= 11 is 0. The summed E-state index contributed by atoms with van der Waals surface area (Å²) in [5, 5.41) is 8.62. The molecule has 0 bridgehead atoms. The molecule has 0 aromatic heterocycles. The monoisotopic (exact) mass is 430 g/mol. The van der Waals surface area contributed by atoms with Gasteiger partial charge in [-0.1, -0.05) is 31.2 Å². The summed E-state index contributed by atoms with van der Waals surface area (Å²) in [5.41, 5.74) is 3.32. The predicted molar refractivity (Wildman–Crippen MR) is 128 cm³/mol. The Morgan fingerprint density at radius 2 is 1.41 bits per heavy atom. The number of hydrogen-bond acceptors (Lipinski definition) is 4. The molecule has 0 saturated carbocycles. The van der Waals surface area contributed by atoms with Crippen molar-refractivity contribution >= 4 is 40.5 Å². The molecule has 0 aliphatic rings. The minimum atomic E-state index is -0.228. The van der Waals surface area contributed by atoms with Gasteiger partial charge in [0.05, 0.1) is 6.54 Å². The molecular weight excluding hydrogens is 404 g/mol. The minimum Gasteiger partial charge on any atom is -0.376 e. The Hall–Kier alpha value is -4.13. The van der Waals surface area contributed by atoms with Gasteiger partial charge in [0.25, 0.3) is 5.91 Å². The Balaban J connectivity index is 1.53. The van der Waals surface area contributed by atoms with E-state index in [1.807, 2.05) is 36.4 Å². The fourth-order valence-corrected chi connectivity index (χ4v) is 3.00.